The van der Waals surface area contributed by atoms with E-state index in [0.29, 0.717) is 17.6 Å². The lowest BCUT2D eigenvalue weighted by atomic mass is 9.95. The van der Waals surface area contributed by atoms with Gasteiger partial charge in [-0.1, -0.05) is 36.0 Å². The highest BCUT2D eigenvalue weighted by molar-refractivity contribution is 6.31. The van der Waals surface area contributed by atoms with Crippen molar-refractivity contribution in [3.05, 3.63) is 16.5 Å². The molecule has 15 heavy (non-hydrogen) atoms. The van der Waals surface area contributed by atoms with Gasteiger partial charge in [-0.25, -0.2) is 0 Å². The molecule has 1 aromatic heterocycles. The summed E-state index contributed by atoms with van der Waals surface area (Å²) in [6, 6.07) is 0.625. The van der Waals surface area contributed by atoms with Crippen LogP contribution in [0.2, 0.25) is 5.02 Å². The van der Waals surface area contributed by atoms with Crippen molar-refractivity contribution in [1.29, 1.82) is 0 Å². The summed E-state index contributed by atoms with van der Waals surface area (Å²) in [4.78, 5) is 0. The van der Waals surface area contributed by atoms with Crippen LogP contribution in [0, 0.1) is 6.92 Å². The smallest absolute Gasteiger partial charge is 0.169 e. The molecule has 1 heterocycles. The highest BCUT2D eigenvalue weighted by Crippen LogP contribution is 2.21. The van der Waals surface area contributed by atoms with Crippen LogP contribution in [0.15, 0.2) is 4.52 Å². The van der Waals surface area contributed by atoms with E-state index < -0.39 is 0 Å². The maximum absolute atomic E-state index is 6.03. The van der Waals surface area contributed by atoms with Gasteiger partial charge < -0.3 is 9.84 Å². The third kappa shape index (κ3) is 2.73. The molecule has 0 amide bonds. The number of aryl methyl sites for hydroxylation is 1. The monoisotopic (exact) mass is 228 g/mol. The van der Waals surface area contributed by atoms with E-state index in [1.807, 2.05) is 6.92 Å². The lowest BCUT2D eigenvalue weighted by molar-refractivity contribution is 0.330. The van der Waals surface area contributed by atoms with Crippen LogP contribution < -0.4 is 5.32 Å². The largest absolute Gasteiger partial charge is 0.358 e. The highest BCUT2D eigenvalue weighted by Gasteiger charge is 2.15. The summed E-state index contributed by atoms with van der Waals surface area (Å²) >= 11 is 6.03. The Bertz CT molecular complexity index is 318. The molecule has 1 aliphatic carbocycles. The summed E-state index contributed by atoms with van der Waals surface area (Å²) in [5.74, 6) is 0.764. The van der Waals surface area contributed by atoms with Gasteiger partial charge in [0.05, 0.1) is 12.2 Å². The maximum atomic E-state index is 6.03. The zero-order valence-corrected chi connectivity index (χ0v) is 9.81. The molecule has 0 saturated heterocycles. The Hall–Kier alpha value is -0.540. The van der Waals surface area contributed by atoms with Gasteiger partial charge in [-0.3, -0.25) is 0 Å². The van der Waals surface area contributed by atoms with Crippen LogP contribution in [0.5, 0.6) is 0 Å². The Morgan fingerprint density at radius 2 is 2.13 bits per heavy atom. The number of aromatic nitrogens is 1. The van der Waals surface area contributed by atoms with Crippen LogP contribution in [0.3, 0.4) is 0 Å². The van der Waals surface area contributed by atoms with E-state index in [2.05, 4.69) is 10.5 Å². The van der Waals surface area contributed by atoms with Gasteiger partial charge in [0.15, 0.2) is 5.76 Å². The molecular formula is C11H17ClN2O. The second-order valence-electron chi connectivity index (χ2n) is 4.22. The number of hydrogen-bond donors (Lipinski definition) is 1. The second-order valence-corrected chi connectivity index (χ2v) is 4.60. The molecule has 4 heteroatoms. The molecule has 2 rings (SSSR count). The van der Waals surface area contributed by atoms with Gasteiger partial charge in [0, 0.05) is 6.04 Å². The number of halogens is 1. The van der Waals surface area contributed by atoms with Crippen LogP contribution in [0.1, 0.15) is 43.6 Å². The number of nitrogens with one attached hydrogen (secondary N) is 1. The van der Waals surface area contributed by atoms with E-state index in [-0.39, 0.29) is 0 Å². The predicted molar refractivity (Wildman–Crippen MR) is 60.0 cm³/mol. The molecule has 0 spiro atoms. The zero-order chi connectivity index (χ0) is 10.7. The minimum absolute atomic E-state index is 0.625. The normalized spacial score (nSPS) is 18.3. The molecule has 1 aliphatic rings. The van der Waals surface area contributed by atoms with Gasteiger partial charge in [-0.05, 0) is 19.8 Å². The molecule has 0 atom stereocenters. The standard InChI is InChI=1S/C11H17ClN2O/c1-8-11(12)10(15-14-8)7-13-9-5-3-2-4-6-9/h9,13H,2-7H2,1H3. The first-order valence-corrected chi connectivity index (χ1v) is 5.99. The van der Waals surface area contributed by atoms with E-state index in [1.165, 1.54) is 32.1 Å². The molecule has 0 unspecified atom stereocenters. The molecular weight excluding hydrogens is 212 g/mol. The average molecular weight is 229 g/mol. The Balaban J connectivity index is 1.84. The first-order chi connectivity index (χ1) is 7.27. The molecule has 3 nitrogen and oxygen atoms in total. The molecule has 84 valence electrons. The van der Waals surface area contributed by atoms with Crippen molar-refractivity contribution in [1.82, 2.24) is 10.5 Å². The molecule has 1 aromatic rings. The van der Waals surface area contributed by atoms with Gasteiger partial charge in [-0.2, -0.15) is 0 Å². The molecule has 0 aromatic carbocycles. The Morgan fingerprint density at radius 1 is 1.40 bits per heavy atom. The van der Waals surface area contributed by atoms with E-state index in [1.54, 1.807) is 0 Å². The summed E-state index contributed by atoms with van der Waals surface area (Å²) in [5.41, 5.74) is 0.775. The zero-order valence-electron chi connectivity index (χ0n) is 9.05. The van der Waals surface area contributed by atoms with Crippen molar-refractivity contribution in [2.24, 2.45) is 0 Å². The maximum Gasteiger partial charge on any atom is 0.169 e. The van der Waals surface area contributed by atoms with Crippen molar-refractivity contribution in [2.45, 2.75) is 51.6 Å². The van der Waals surface area contributed by atoms with E-state index in [4.69, 9.17) is 16.1 Å². The van der Waals surface area contributed by atoms with Gasteiger partial charge >= 0.3 is 0 Å². The van der Waals surface area contributed by atoms with Crippen molar-refractivity contribution >= 4 is 11.6 Å². The number of nitrogens with zero attached hydrogens (tertiary/aromatic N) is 1. The minimum Gasteiger partial charge on any atom is -0.358 e. The predicted octanol–water partition coefficient (Wildman–Crippen LogP) is 3.06. The van der Waals surface area contributed by atoms with Crippen molar-refractivity contribution in [3.8, 4) is 0 Å². The summed E-state index contributed by atoms with van der Waals surface area (Å²) in [7, 11) is 0. The van der Waals surface area contributed by atoms with E-state index in [0.717, 1.165) is 11.5 Å². The Morgan fingerprint density at radius 3 is 2.73 bits per heavy atom. The molecule has 0 bridgehead atoms. The Labute approximate surface area is 95.2 Å². The van der Waals surface area contributed by atoms with Crippen LogP contribution in [-0.2, 0) is 6.54 Å². The summed E-state index contributed by atoms with van der Waals surface area (Å²) in [6.45, 7) is 2.56. The van der Waals surface area contributed by atoms with Crippen molar-refractivity contribution < 1.29 is 4.52 Å². The van der Waals surface area contributed by atoms with Crippen LogP contribution >= 0.6 is 11.6 Å². The summed E-state index contributed by atoms with van der Waals surface area (Å²) in [5, 5.41) is 7.97. The van der Waals surface area contributed by atoms with E-state index >= 15 is 0 Å². The van der Waals surface area contributed by atoms with Crippen LogP contribution in [-0.4, -0.2) is 11.2 Å². The topological polar surface area (TPSA) is 38.1 Å². The van der Waals surface area contributed by atoms with Gasteiger partial charge in [-0.15, -0.1) is 0 Å². The van der Waals surface area contributed by atoms with Crippen molar-refractivity contribution in [2.75, 3.05) is 0 Å². The number of rotatable bonds is 3. The molecule has 0 radical (unpaired) electrons. The fourth-order valence-electron chi connectivity index (χ4n) is 2.06. The molecule has 1 N–H and O–H groups in total. The lowest BCUT2D eigenvalue weighted by Gasteiger charge is -2.22. The third-order valence-electron chi connectivity index (χ3n) is 3.01. The fourth-order valence-corrected chi connectivity index (χ4v) is 2.19. The SMILES string of the molecule is Cc1noc(CNC2CCCCC2)c1Cl. The summed E-state index contributed by atoms with van der Waals surface area (Å²) < 4.78 is 5.14. The number of hydrogen-bond acceptors (Lipinski definition) is 3. The lowest BCUT2D eigenvalue weighted by Crippen LogP contribution is -2.30. The fraction of sp³-hybridized carbons (Fsp3) is 0.727. The molecule has 1 saturated carbocycles. The van der Waals surface area contributed by atoms with Crippen LogP contribution in [0.25, 0.3) is 0 Å². The quantitative estimate of drug-likeness (QED) is 0.864. The third-order valence-corrected chi connectivity index (χ3v) is 3.50. The first kappa shape index (κ1) is 11.0. The molecule has 1 fully saturated rings. The Kier molecular flexibility index (Phi) is 3.65. The highest BCUT2D eigenvalue weighted by atomic mass is 35.5. The van der Waals surface area contributed by atoms with Gasteiger partial charge in [0.2, 0.25) is 0 Å². The summed E-state index contributed by atoms with van der Waals surface area (Å²) in [6.07, 6.45) is 6.58. The van der Waals surface area contributed by atoms with Gasteiger partial charge in [0.1, 0.15) is 5.02 Å². The van der Waals surface area contributed by atoms with E-state index in [9.17, 15) is 0 Å². The van der Waals surface area contributed by atoms with Crippen LogP contribution in [0.4, 0.5) is 0 Å². The average Bonchev–Trinajstić information content (AvgIpc) is 2.59. The first-order valence-electron chi connectivity index (χ1n) is 5.61. The molecule has 0 aliphatic heterocycles. The van der Waals surface area contributed by atoms with Crippen molar-refractivity contribution in [3.63, 3.8) is 0 Å². The minimum atomic E-state index is 0.625. The second kappa shape index (κ2) is 4.99. The van der Waals surface area contributed by atoms with Gasteiger partial charge in [0.25, 0.3) is 0 Å².